The summed E-state index contributed by atoms with van der Waals surface area (Å²) >= 11 is 11.8. The maximum atomic E-state index is 12.1. The highest BCUT2D eigenvalue weighted by Gasteiger charge is 2.22. The Hall–Kier alpha value is -2.83. The van der Waals surface area contributed by atoms with E-state index in [1.54, 1.807) is 30.3 Å². The quantitative estimate of drug-likeness (QED) is 0.372. The van der Waals surface area contributed by atoms with E-state index in [2.05, 4.69) is 10.6 Å². The molecule has 6 nitrogen and oxygen atoms in total. The first-order valence-electron chi connectivity index (χ1n) is 7.04. The van der Waals surface area contributed by atoms with Crippen LogP contribution < -0.4 is 15.4 Å². The molecule has 2 N–H and O–H groups in total. The van der Waals surface area contributed by atoms with E-state index in [0.29, 0.717) is 16.3 Å². The minimum absolute atomic E-state index is 0.141. The zero-order valence-corrected chi connectivity index (χ0v) is 14.0. The molecule has 1 aliphatic rings. The van der Waals surface area contributed by atoms with Crippen molar-refractivity contribution in [2.75, 3.05) is 0 Å². The number of urea groups is 1. The summed E-state index contributed by atoms with van der Waals surface area (Å²) in [6, 6.07) is 10.3. The Balaban J connectivity index is 1.72. The predicted molar refractivity (Wildman–Crippen MR) is 92.5 cm³/mol. The van der Waals surface area contributed by atoms with Gasteiger partial charge in [-0.05, 0) is 42.0 Å². The summed E-state index contributed by atoms with van der Waals surface area (Å²) in [6.45, 7) is 0. The van der Waals surface area contributed by atoms with Crippen molar-refractivity contribution in [1.82, 2.24) is 10.6 Å². The van der Waals surface area contributed by atoms with E-state index in [1.165, 1.54) is 18.2 Å². The summed E-state index contributed by atoms with van der Waals surface area (Å²) in [7, 11) is 0. The SMILES string of the molecule is O=C1NC(=O)C(=Cc2ccc(OC(=O)c3ccc(Cl)cc3Cl)cc2)N1. The standard InChI is InChI=1S/C17H10Cl2N2O4/c18-10-3-6-12(13(19)8-10)16(23)25-11-4-1-9(2-5-11)7-14-15(22)21-17(24)20-14/h1-8H,(H2,20,21,22,24). The van der Waals surface area contributed by atoms with Gasteiger partial charge in [-0.1, -0.05) is 35.3 Å². The zero-order chi connectivity index (χ0) is 18.0. The van der Waals surface area contributed by atoms with E-state index in [1.807, 2.05) is 0 Å². The molecule has 3 rings (SSSR count). The van der Waals surface area contributed by atoms with Gasteiger partial charge >= 0.3 is 12.0 Å². The molecule has 8 heteroatoms. The Morgan fingerprint density at radius 3 is 2.32 bits per heavy atom. The molecule has 1 saturated heterocycles. The Morgan fingerprint density at radius 1 is 1.00 bits per heavy atom. The summed E-state index contributed by atoms with van der Waals surface area (Å²) in [5.74, 6) is -0.814. The summed E-state index contributed by atoms with van der Waals surface area (Å²) in [5, 5.41) is 5.10. The number of ether oxygens (including phenoxy) is 1. The van der Waals surface area contributed by atoms with Crippen LogP contribution in [0.3, 0.4) is 0 Å². The van der Waals surface area contributed by atoms with Crippen LogP contribution in [0.2, 0.25) is 10.0 Å². The van der Waals surface area contributed by atoms with Gasteiger partial charge in [-0.3, -0.25) is 10.1 Å². The van der Waals surface area contributed by atoms with E-state index in [4.69, 9.17) is 27.9 Å². The van der Waals surface area contributed by atoms with Crippen molar-refractivity contribution in [3.8, 4) is 5.75 Å². The van der Waals surface area contributed by atoms with Gasteiger partial charge in [-0.15, -0.1) is 0 Å². The van der Waals surface area contributed by atoms with Gasteiger partial charge in [-0.25, -0.2) is 9.59 Å². The fourth-order valence-electron chi connectivity index (χ4n) is 2.10. The molecule has 0 spiro atoms. The fourth-order valence-corrected chi connectivity index (χ4v) is 2.58. The van der Waals surface area contributed by atoms with Crippen molar-refractivity contribution >= 4 is 47.2 Å². The molecule has 0 atom stereocenters. The summed E-state index contributed by atoms with van der Waals surface area (Å²) < 4.78 is 5.25. The molecule has 1 fully saturated rings. The lowest BCUT2D eigenvalue weighted by atomic mass is 10.2. The lowest BCUT2D eigenvalue weighted by Gasteiger charge is -2.06. The maximum absolute atomic E-state index is 12.1. The molecule has 0 aliphatic carbocycles. The number of halogens is 2. The molecule has 0 aromatic heterocycles. The number of amides is 3. The number of hydrogen-bond acceptors (Lipinski definition) is 4. The summed E-state index contributed by atoms with van der Waals surface area (Å²) in [4.78, 5) is 34.6. The lowest BCUT2D eigenvalue weighted by molar-refractivity contribution is -0.115. The number of esters is 1. The van der Waals surface area contributed by atoms with Crippen LogP contribution in [0.15, 0.2) is 48.2 Å². The Kier molecular flexibility index (Phi) is 4.74. The van der Waals surface area contributed by atoms with Crippen LogP contribution in [-0.4, -0.2) is 17.9 Å². The van der Waals surface area contributed by atoms with Crippen LogP contribution >= 0.6 is 23.2 Å². The molecule has 3 amide bonds. The highest BCUT2D eigenvalue weighted by Crippen LogP contribution is 2.23. The number of rotatable bonds is 3. The number of benzene rings is 2. The van der Waals surface area contributed by atoms with Crippen molar-refractivity contribution in [1.29, 1.82) is 0 Å². The van der Waals surface area contributed by atoms with Gasteiger partial charge in [0.05, 0.1) is 10.6 Å². The van der Waals surface area contributed by atoms with E-state index in [-0.39, 0.29) is 16.3 Å². The first kappa shape index (κ1) is 17.0. The van der Waals surface area contributed by atoms with Gasteiger partial charge in [0.2, 0.25) is 0 Å². The first-order chi connectivity index (χ1) is 11.9. The van der Waals surface area contributed by atoms with Gasteiger partial charge in [-0.2, -0.15) is 0 Å². The van der Waals surface area contributed by atoms with Crippen LogP contribution in [0.5, 0.6) is 5.75 Å². The molecule has 0 saturated carbocycles. The third-order valence-corrected chi connectivity index (χ3v) is 3.82. The van der Waals surface area contributed by atoms with Gasteiger partial charge < -0.3 is 10.1 Å². The second-order valence-electron chi connectivity index (χ2n) is 5.05. The monoisotopic (exact) mass is 376 g/mol. The molecule has 2 aromatic rings. The average molecular weight is 377 g/mol. The number of nitrogens with one attached hydrogen (secondary N) is 2. The molecule has 126 valence electrons. The number of carbonyl (C=O) groups is 3. The highest BCUT2D eigenvalue weighted by molar-refractivity contribution is 6.36. The molecular weight excluding hydrogens is 367 g/mol. The molecule has 1 heterocycles. The second kappa shape index (κ2) is 6.96. The van der Waals surface area contributed by atoms with Crippen molar-refractivity contribution in [2.24, 2.45) is 0 Å². The Labute approximate surface area is 152 Å². The van der Waals surface area contributed by atoms with Crippen LogP contribution in [-0.2, 0) is 4.79 Å². The lowest BCUT2D eigenvalue weighted by Crippen LogP contribution is -2.22. The molecule has 0 unspecified atom stereocenters. The summed E-state index contributed by atoms with van der Waals surface area (Å²) in [6.07, 6.45) is 1.50. The van der Waals surface area contributed by atoms with Crippen LogP contribution in [0.25, 0.3) is 6.08 Å². The third kappa shape index (κ3) is 3.99. The molecule has 1 aliphatic heterocycles. The number of imide groups is 1. The third-order valence-electron chi connectivity index (χ3n) is 3.27. The van der Waals surface area contributed by atoms with Crippen LogP contribution in [0.4, 0.5) is 4.79 Å². The minimum atomic E-state index is -0.616. The first-order valence-corrected chi connectivity index (χ1v) is 7.79. The minimum Gasteiger partial charge on any atom is -0.423 e. The highest BCUT2D eigenvalue weighted by atomic mass is 35.5. The van der Waals surface area contributed by atoms with Gasteiger partial charge in [0.15, 0.2) is 0 Å². The largest absolute Gasteiger partial charge is 0.423 e. The molecule has 2 aromatic carbocycles. The van der Waals surface area contributed by atoms with Crippen LogP contribution in [0, 0.1) is 0 Å². The molecule has 0 bridgehead atoms. The van der Waals surface area contributed by atoms with E-state index < -0.39 is 17.9 Å². The fraction of sp³-hybridized carbons (Fsp3) is 0. The van der Waals surface area contributed by atoms with Gasteiger partial charge in [0.1, 0.15) is 11.4 Å². The smallest absolute Gasteiger partial charge is 0.345 e. The van der Waals surface area contributed by atoms with E-state index in [9.17, 15) is 14.4 Å². The van der Waals surface area contributed by atoms with Gasteiger partial charge in [0, 0.05) is 5.02 Å². The van der Waals surface area contributed by atoms with Crippen molar-refractivity contribution < 1.29 is 19.1 Å². The van der Waals surface area contributed by atoms with Crippen LogP contribution in [0.1, 0.15) is 15.9 Å². The average Bonchev–Trinajstić information content (AvgIpc) is 2.86. The normalized spacial score (nSPS) is 15.0. The predicted octanol–water partition coefficient (Wildman–Crippen LogP) is 3.39. The Morgan fingerprint density at radius 2 is 1.72 bits per heavy atom. The number of hydrogen-bond donors (Lipinski definition) is 2. The molecule has 0 radical (unpaired) electrons. The van der Waals surface area contributed by atoms with Gasteiger partial charge in [0.25, 0.3) is 5.91 Å². The van der Waals surface area contributed by atoms with Crippen molar-refractivity contribution in [3.63, 3.8) is 0 Å². The topological polar surface area (TPSA) is 84.5 Å². The van der Waals surface area contributed by atoms with Crippen molar-refractivity contribution in [2.45, 2.75) is 0 Å². The zero-order valence-electron chi connectivity index (χ0n) is 12.5. The number of carbonyl (C=O) groups excluding carboxylic acids is 3. The maximum Gasteiger partial charge on any atom is 0.345 e. The van der Waals surface area contributed by atoms with Crippen molar-refractivity contribution in [3.05, 3.63) is 69.3 Å². The molecular formula is C17H10Cl2N2O4. The van der Waals surface area contributed by atoms with E-state index in [0.717, 1.165) is 0 Å². The summed E-state index contributed by atoms with van der Waals surface area (Å²) in [5.41, 5.74) is 0.988. The second-order valence-corrected chi connectivity index (χ2v) is 5.89. The molecule has 25 heavy (non-hydrogen) atoms. The van der Waals surface area contributed by atoms with E-state index >= 15 is 0 Å². The Bertz CT molecular complexity index is 907.